The number of fused-ring (bicyclic) bond motifs is 1. The van der Waals surface area contributed by atoms with E-state index < -0.39 is 6.09 Å². The van der Waals surface area contributed by atoms with Crippen molar-refractivity contribution >= 4 is 17.0 Å². The SMILES string of the molecule is Cc1nn(-c2noc(C3CCN(C[C@@H]4CCCN4C(=O)O)CC3)n2)c2cc(F)ccc12. The molecule has 164 valence electrons. The minimum atomic E-state index is -0.822. The number of hydrogen-bond donors (Lipinski definition) is 1. The first-order chi connectivity index (χ1) is 15.0. The van der Waals surface area contributed by atoms with Gasteiger partial charge in [-0.25, -0.2) is 9.18 Å². The van der Waals surface area contributed by atoms with Gasteiger partial charge in [0.15, 0.2) is 0 Å². The van der Waals surface area contributed by atoms with E-state index in [-0.39, 0.29) is 17.8 Å². The summed E-state index contributed by atoms with van der Waals surface area (Å²) in [6.07, 6.45) is 2.78. The van der Waals surface area contributed by atoms with E-state index in [1.54, 1.807) is 11.0 Å². The van der Waals surface area contributed by atoms with Crippen LogP contribution >= 0.6 is 0 Å². The van der Waals surface area contributed by atoms with Crippen molar-refractivity contribution < 1.29 is 18.8 Å². The first-order valence-electron chi connectivity index (χ1n) is 10.7. The zero-order chi connectivity index (χ0) is 21.5. The molecule has 2 fully saturated rings. The molecule has 1 N–H and O–H groups in total. The molecular formula is C21H25FN6O3. The third kappa shape index (κ3) is 3.76. The summed E-state index contributed by atoms with van der Waals surface area (Å²) in [4.78, 5) is 19.8. The maximum atomic E-state index is 13.7. The number of nitrogens with zero attached hydrogens (tertiary/aromatic N) is 6. The summed E-state index contributed by atoms with van der Waals surface area (Å²) >= 11 is 0. The second-order valence-corrected chi connectivity index (χ2v) is 8.44. The Balaban J connectivity index is 1.26. The number of aryl methyl sites for hydroxylation is 1. The lowest BCUT2D eigenvalue weighted by atomic mass is 9.96. The molecule has 2 aliphatic heterocycles. The highest BCUT2D eigenvalue weighted by Crippen LogP contribution is 2.29. The van der Waals surface area contributed by atoms with E-state index in [0.717, 1.165) is 56.4 Å². The molecule has 5 rings (SSSR count). The van der Waals surface area contributed by atoms with Gasteiger partial charge in [0.25, 0.3) is 5.95 Å². The van der Waals surface area contributed by atoms with Crippen molar-refractivity contribution in [2.24, 2.45) is 0 Å². The van der Waals surface area contributed by atoms with Crippen molar-refractivity contribution in [3.8, 4) is 5.95 Å². The van der Waals surface area contributed by atoms with Crippen LogP contribution < -0.4 is 0 Å². The molecular weight excluding hydrogens is 403 g/mol. The van der Waals surface area contributed by atoms with Gasteiger partial charge in [0.2, 0.25) is 5.89 Å². The highest BCUT2D eigenvalue weighted by Gasteiger charge is 2.32. The van der Waals surface area contributed by atoms with E-state index in [9.17, 15) is 14.3 Å². The van der Waals surface area contributed by atoms with Gasteiger partial charge in [-0.15, -0.1) is 0 Å². The van der Waals surface area contributed by atoms with Gasteiger partial charge in [-0.05, 0) is 63.0 Å². The Kier molecular flexibility index (Phi) is 5.09. The van der Waals surface area contributed by atoms with Crippen molar-refractivity contribution in [1.29, 1.82) is 0 Å². The van der Waals surface area contributed by atoms with Gasteiger partial charge in [0.05, 0.1) is 11.2 Å². The number of rotatable bonds is 4. The summed E-state index contributed by atoms with van der Waals surface area (Å²) in [6.45, 7) is 5.00. The number of amides is 1. The predicted octanol–water partition coefficient (Wildman–Crippen LogP) is 3.18. The maximum Gasteiger partial charge on any atom is 0.407 e. The van der Waals surface area contributed by atoms with Crippen LogP contribution in [-0.4, -0.2) is 73.1 Å². The van der Waals surface area contributed by atoms with E-state index in [1.165, 1.54) is 16.8 Å². The molecule has 4 heterocycles. The number of piperidine rings is 1. The van der Waals surface area contributed by atoms with Gasteiger partial charge in [-0.2, -0.15) is 14.8 Å². The molecule has 0 radical (unpaired) electrons. The monoisotopic (exact) mass is 428 g/mol. The van der Waals surface area contributed by atoms with E-state index in [1.807, 2.05) is 6.92 Å². The van der Waals surface area contributed by atoms with Crippen LogP contribution in [0.15, 0.2) is 22.7 Å². The van der Waals surface area contributed by atoms with E-state index >= 15 is 0 Å². The Morgan fingerprint density at radius 2 is 2.06 bits per heavy atom. The fourth-order valence-corrected chi connectivity index (χ4v) is 4.81. The normalized spacial score (nSPS) is 20.7. The van der Waals surface area contributed by atoms with Crippen LogP contribution in [0.4, 0.5) is 9.18 Å². The number of aromatic nitrogens is 4. The Hall–Kier alpha value is -3.01. The quantitative estimate of drug-likeness (QED) is 0.681. The first kappa shape index (κ1) is 19.9. The third-order valence-electron chi connectivity index (χ3n) is 6.48. The molecule has 0 bridgehead atoms. The summed E-state index contributed by atoms with van der Waals surface area (Å²) in [6, 6.07) is 4.63. The summed E-state index contributed by atoms with van der Waals surface area (Å²) in [5.74, 6) is 0.689. The van der Waals surface area contributed by atoms with Crippen molar-refractivity contribution in [3.63, 3.8) is 0 Å². The number of carboxylic acid groups (broad SMARTS) is 1. The molecule has 31 heavy (non-hydrogen) atoms. The third-order valence-corrected chi connectivity index (χ3v) is 6.48. The summed E-state index contributed by atoms with van der Waals surface area (Å²) in [5.41, 5.74) is 1.39. The van der Waals surface area contributed by atoms with Crippen molar-refractivity contribution in [3.05, 3.63) is 35.6 Å². The number of benzene rings is 1. The second kappa shape index (κ2) is 7.92. The van der Waals surface area contributed by atoms with Gasteiger partial charge >= 0.3 is 6.09 Å². The fourth-order valence-electron chi connectivity index (χ4n) is 4.81. The molecule has 10 heteroatoms. The number of likely N-dealkylation sites (tertiary alicyclic amines) is 2. The largest absolute Gasteiger partial charge is 0.465 e. The Morgan fingerprint density at radius 3 is 2.84 bits per heavy atom. The molecule has 1 amide bonds. The molecule has 1 aromatic carbocycles. The fraction of sp³-hybridized carbons (Fsp3) is 0.524. The lowest BCUT2D eigenvalue weighted by Gasteiger charge is -2.34. The number of carbonyl (C=O) groups is 1. The molecule has 1 atom stereocenters. The molecule has 0 aliphatic carbocycles. The van der Waals surface area contributed by atoms with Gasteiger partial charge < -0.3 is 19.4 Å². The average Bonchev–Trinajstić information content (AvgIpc) is 3.48. The maximum absolute atomic E-state index is 13.7. The minimum absolute atomic E-state index is 0.0841. The summed E-state index contributed by atoms with van der Waals surface area (Å²) in [5, 5.41) is 18.7. The Labute approximate surface area is 178 Å². The summed E-state index contributed by atoms with van der Waals surface area (Å²) < 4.78 is 20.8. The Bertz CT molecular complexity index is 1100. The highest BCUT2D eigenvalue weighted by atomic mass is 19.1. The van der Waals surface area contributed by atoms with Crippen LogP contribution in [0.25, 0.3) is 16.9 Å². The minimum Gasteiger partial charge on any atom is -0.465 e. The average molecular weight is 428 g/mol. The van der Waals surface area contributed by atoms with Crippen molar-refractivity contribution in [2.45, 2.75) is 44.6 Å². The molecule has 9 nitrogen and oxygen atoms in total. The van der Waals surface area contributed by atoms with Gasteiger partial charge in [0.1, 0.15) is 5.82 Å². The molecule has 0 saturated carbocycles. The van der Waals surface area contributed by atoms with Crippen molar-refractivity contribution in [2.75, 3.05) is 26.2 Å². The van der Waals surface area contributed by atoms with Gasteiger partial charge in [0, 0.05) is 36.5 Å². The number of halogens is 1. The lowest BCUT2D eigenvalue weighted by molar-refractivity contribution is 0.115. The van der Waals surface area contributed by atoms with E-state index in [4.69, 9.17) is 4.52 Å². The molecule has 2 aliphatic rings. The lowest BCUT2D eigenvalue weighted by Crippen LogP contribution is -2.45. The van der Waals surface area contributed by atoms with E-state index in [0.29, 0.717) is 23.9 Å². The van der Waals surface area contributed by atoms with Crippen LogP contribution in [-0.2, 0) is 0 Å². The van der Waals surface area contributed by atoms with Gasteiger partial charge in [-0.1, -0.05) is 0 Å². The number of hydrogen-bond acceptors (Lipinski definition) is 6. The predicted molar refractivity (Wildman–Crippen MR) is 110 cm³/mol. The summed E-state index contributed by atoms with van der Waals surface area (Å²) in [7, 11) is 0. The smallest absolute Gasteiger partial charge is 0.407 e. The van der Waals surface area contributed by atoms with Crippen LogP contribution in [0.2, 0.25) is 0 Å². The first-order valence-corrected chi connectivity index (χ1v) is 10.7. The van der Waals surface area contributed by atoms with Crippen LogP contribution in [0.1, 0.15) is 43.2 Å². The van der Waals surface area contributed by atoms with Crippen LogP contribution in [0, 0.1) is 12.7 Å². The standard InChI is InChI=1S/C21H25FN6O3/c1-13-17-5-4-15(22)11-18(17)28(24-13)20-23-19(31-25-20)14-6-9-26(10-7-14)12-16-3-2-8-27(16)21(29)30/h4-5,11,14,16H,2-3,6-10,12H2,1H3,(H,29,30)/t16-/m0/s1. The Morgan fingerprint density at radius 1 is 1.26 bits per heavy atom. The molecule has 0 unspecified atom stereocenters. The zero-order valence-electron chi connectivity index (χ0n) is 17.4. The molecule has 2 aromatic heterocycles. The van der Waals surface area contributed by atoms with Crippen LogP contribution in [0.3, 0.4) is 0 Å². The molecule has 0 spiro atoms. The van der Waals surface area contributed by atoms with Crippen molar-refractivity contribution in [1.82, 2.24) is 29.7 Å². The van der Waals surface area contributed by atoms with Crippen LogP contribution in [0.5, 0.6) is 0 Å². The topological polar surface area (TPSA) is 101 Å². The zero-order valence-corrected chi connectivity index (χ0v) is 17.4. The van der Waals surface area contributed by atoms with E-state index in [2.05, 4.69) is 20.1 Å². The molecule has 3 aromatic rings. The second-order valence-electron chi connectivity index (χ2n) is 8.44. The molecule has 2 saturated heterocycles. The highest BCUT2D eigenvalue weighted by molar-refractivity contribution is 5.82. The van der Waals surface area contributed by atoms with Gasteiger partial charge in [-0.3, -0.25) is 0 Å².